The molecule has 3 N–H and O–H groups in total. The summed E-state index contributed by atoms with van der Waals surface area (Å²) in [5.74, 6) is -0.127. The number of ether oxygens (including phenoxy) is 1. The van der Waals surface area contributed by atoms with Gasteiger partial charge in [-0.15, -0.1) is 0 Å². The fourth-order valence-electron chi connectivity index (χ4n) is 2.65. The molecule has 4 nitrogen and oxygen atoms in total. The maximum absolute atomic E-state index is 12.4. The van der Waals surface area contributed by atoms with Crippen LogP contribution in [0.5, 0.6) is 0 Å². The second kappa shape index (κ2) is 6.96. The van der Waals surface area contributed by atoms with Crippen LogP contribution in [0.4, 0.5) is 5.82 Å². The SMILES string of the molecule is CCOC(=O)c1c(-c2ccccc2)cc(-c2ccccc2)[nH+]c1N. The highest BCUT2D eigenvalue weighted by Crippen LogP contribution is 2.29. The van der Waals surface area contributed by atoms with Crippen LogP contribution < -0.4 is 10.7 Å². The maximum atomic E-state index is 12.4. The van der Waals surface area contributed by atoms with Gasteiger partial charge in [0.05, 0.1) is 6.61 Å². The van der Waals surface area contributed by atoms with Gasteiger partial charge in [0, 0.05) is 11.1 Å². The third-order valence-corrected chi connectivity index (χ3v) is 3.75. The number of nitrogens with two attached hydrogens (primary N) is 1. The summed E-state index contributed by atoms with van der Waals surface area (Å²) in [5.41, 5.74) is 10.0. The number of nitrogen functional groups attached to an aromatic ring is 1. The van der Waals surface area contributed by atoms with E-state index in [0.717, 1.165) is 22.4 Å². The third-order valence-electron chi connectivity index (χ3n) is 3.75. The monoisotopic (exact) mass is 319 g/mol. The number of nitrogens with one attached hydrogen (secondary N) is 1. The molecular weight excluding hydrogens is 300 g/mol. The van der Waals surface area contributed by atoms with Gasteiger partial charge in [-0.1, -0.05) is 60.7 Å². The molecule has 0 saturated heterocycles. The number of H-pyrrole nitrogens is 1. The molecule has 0 radical (unpaired) electrons. The van der Waals surface area contributed by atoms with Crippen molar-refractivity contribution in [2.75, 3.05) is 12.3 Å². The van der Waals surface area contributed by atoms with E-state index in [1.54, 1.807) is 6.92 Å². The summed E-state index contributed by atoms with van der Waals surface area (Å²) < 4.78 is 5.18. The summed E-state index contributed by atoms with van der Waals surface area (Å²) in [4.78, 5) is 15.5. The smallest absolute Gasteiger partial charge is 0.347 e. The van der Waals surface area contributed by atoms with Crippen molar-refractivity contribution >= 4 is 11.8 Å². The minimum atomic E-state index is -0.426. The molecule has 4 heteroatoms. The van der Waals surface area contributed by atoms with Gasteiger partial charge in [-0.2, -0.15) is 0 Å². The number of esters is 1. The summed E-state index contributed by atoms with van der Waals surface area (Å²) in [5, 5.41) is 0. The van der Waals surface area contributed by atoms with Gasteiger partial charge >= 0.3 is 5.97 Å². The molecule has 24 heavy (non-hydrogen) atoms. The molecule has 0 spiro atoms. The first-order valence-electron chi connectivity index (χ1n) is 7.84. The molecular formula is C20H19N2O2+. The summed E-state index contributed by atoms with van der Waals surface area (Å²) in [7, 11) is 0. The summed E-state index contributed by atoms with van der Waals surface area (Å²) >= 11 is 0. The predicted octanol–water partition coefficient (Wildman–Crippen LogP) is 3.59. The molecule has 3 aromatic rings. The average Bonchev–Trinajstić information content (AvgIpc) is 2.62. The minimum absolute atomic E-state index is 0.299. The van der Waals surface area contributed by atoms with Crippen molar-refractivity contribution in [3.8, 4) is 22.4 Å². The van der Waals surface area contributed by atoms with Gasteiger partial charge < -0.3 is 4.74 Å². The van der Waals surface area contributed by atoms with Gasteiger partial charge in [-0.25, -0.2) is 9.78 Å². The fourth-order valence-corrected chi connectivity index (χ4v) is 2.65. The number of hydrogen-bond acceptors (Lipinski definition) is 3. The van der Waals surface area contributed by atoms with Gasteiger partial charge in [-0.3, -0.25) is 5.73 Å². The number of carbonyl (C=O) groups is 1. The lowest BCUT2D eigenvalue weighted by molar-refractivity contribution is -0.347. The Morgan fingerprint density at radius 2 is 1.58 bits per heavy atom. The zero-order valence-electron chi connectivity index (χ0n) is 13.5. The lowest BCUT2D eigenvalue weighted by Gasteiger charge is -2.11. The van der Waals surface area contributed by atoms with Gasteiger partial charge in [0.1, 0.15) is 5.69 Å². The summed E-state index contributed by atoms with van der Waals surface area (Å²) in [6.45, 7) is 2.07. The molecule has 0 atom stereocenters. The molecule has 0 aliphatic rings. The Balaban J connectivity index is 2.21. The van der Waals surface area contributed by atoms with Crippen LogP contribution in [-0.4, -0.2) is 12.6 Å². The number of carbonyl (C=O) groups excluding carboxylic acids is 1. The molecule has 1 aromatic heterocycles. The number of aromatic amines is 1. The van der Waals surface area contributed by atoms with E-state index in [1.807, 2.05) is 66.7 Å². The summed E-state index contributed by atoms with van der Waals surface area (Å²) in [6, 6.07) is 21.5. The summed E-state index contributed by atoms with van der Waals surface area (Å²) in [6.07, 6.45) is 0. The van der Waals surface area contributed by atoms with Crippen molar-refractivity contribution in [2.45, 2.75) is 6.92 Å². The zero-order valence-corrected chi connectivity index (χ0v) is 13.5. The van der Waals surface area contributed by atoms with Crippen molar-refractivity contribution < 1.29 is 14.5 Å². The first kappa shape index (κ1) is 15.7. The van der Waals surface area contributed by atoms with Gasteiger partial charge in [-0.05, 0) is 18.6 Å². The second-order valence-corrected chi connectivity index (χ2v) is 5.34. The fraction of sp³-hybridized carbons (Fsp3) is 0.100. The topological polar surface area (TPSA) is 66.5 Å². The molecule has 0 amide bonds. The van der Waals surface area contributed by atoms with Crippen LogP contribution >= 0.6 is 0 Å². The van der Waals surface area contributed by atoms with Crippen LogP contribution in [0.3, 0.4) is 0 Å². The molecule has 0 aliphatic carbocycles. The Bertz CT molecular complexity index is 846. The zero-order chi connectivity index (χ0) is 16.9. The lowest BCUT2D eigenvalue weighted by atomic mass is 9.98. The number of hydrogen-bond donors (Lipinski definition) is 1. The standard InChI is InChI=1S/C20H18N2O2/c1-2-24-20(23)18-16(14-9-5-3-6-10-14)13-17(22-19(18)21)15-11-7-4-8-12-15/h3-13H,2H2,1H3,(H2,21,22)/p+1. The highest BCUT2D eigenvalue weighted by molar-refractivity contribution is 6.01. The Morgan fingerprint density at radius 3 is 2.17 bits per heavy atom. The molecule has 0 fully saturated rings. The van der Waals surface area contributed by atoms with E-state index in [0.29, 0.717) is 18.0 Å². The highest BCUT2D eigenvalue weighted by Gasteiger charge is 2.24. The predicted molar refractivity (Wildman–Crippen MR) is 94.2 cm³/mol. The van der Waals surface area contributed by atoms with Gasteiger partial charge in [0.2, 0.25) is 0 Å². The van der Waals surface area contributed by atoms with E-state index in [1.165, 1.54) is 0 Å². The van der Waals surface area contributed by atoms with E-state index >= 15 is 0 Å². The number of aromatic nitrogens is 1. The molecule has 0 unspecified atom stereocenters. The largest absolute Gasteiger partial charge is 0.462 e. The van der Waals surface area contributed by atoms with E-state index in [2.05, 4.69) is 4.98 Å². The van der Waals surface area contributed by atoms with Crippen LogP contribution in [0, 0.1) is 0 Å². The van der Waals surface area contributed by atoms with Crippen LogP contribution in [0.1, 0.15) is 17.3 Å². The van der Waals surface area contributed by atoms with Crippen molar-refractivity contribution in [3.63, 3.8) is 0 Å². The van der Waals surface area contributed by atoms with Crippen molar-refractivity contribution in [3.05, 3.63) is 72.3 Å². The Hall–Kier alpha value is -3.14. The molecule has 0 aliphatic heterocycles. The molecule has 3 rings (SSSR count). The van der Waals surface area contributed by atoms with Crippen LogP contribution in [-0.2, 0) is 4.74 Å². The van der Waals surface area contributed by atoms with E-state index in [4.69, 9.17) is 10.5 Å². The van der Waals surface area contributed by atoms with E-state index < -0.39 is 5.97 Å². The number of benzene rings is 2. The van der Waals surface area contributed by atoms with Crippen LogP contribution in [0.2, 0.25) is 0 Å². The molecule has 1 heterocycles. The Kier molecular flexibility index (Phi) is 4.57. The molecule has 2 aromatic carbocycles. The normalized spacial score (nSPS) is 10.4. The average molecular weight is 319 g/mol. The van der Waals surface area contributed by atoms with Crippen molar-refractivity contribution in [1.82, 2.24) is 0 Å². The quantitative estimate of drug-likeness (QED) is 0.747. The maximum Gasteiger partial charge on any atom is 0.347 e. The van der Waals surface area contributed by atoms with Crippen LogP contribution in [0.15, 0.2) is 66.7 Å². The highest BCUT2D eigenvalue weighted by atomic mass is 16.5. The number of pyridine rings is 1. The third kappa shape index (κ3) is 3.13. The van der Waals surface area contributed by atoms with Gasteiger partial charge in [0.25, 0.3) is 5.82 Å². The first-order valence-corrected chi connectivity index (χ1v) is 7.84. The van der Waals surface area contributed by atoms with Crippen LogP contribution in [0.25, 0.3) is 22.4 Å². The number of anilines is 1. The number of rotatable bonds is 4. The lowest BCUT2D eigenvalue weighted by Crippen LogP contribution is -2.21. The molecule has 0 bridgehead atoms. The van der Waals surface area contributed by atoms with E-state index in [-0.39, 0.29) is 0 Å². The van der Waals surface area contributed by atoms with Gasteiger partial charge in [0.15, 0.2) is 5.56 Å². The molecule has 0 saturated carbocycles. The molecule has 120 valence electrons. The first-order chi connectivity index (χ1) is 11.7. The Labute approximate surface area is 140 Å². The van der Waals surface area contributed by atoms with E-state index in [9.17, 15) is 4.79 Å². The van der Waals surface area contributed by atoms with Crippen molar-refractivity contribution in [2.24, 2.45) is 0 Å². The Morgan fingerprint density at radius 1 is 1.00 bits per heavy atom. The second-order valence-electron chi connectivity index (χ2n) is 5.34. The van der Waals surface area contributed by atoms with Crippen molar-refractivity contribution in [1.29, 1.82) is 0 Å². The minimum Gasteiger partial charge on any atom is -0.462 e.